The quantitative estimate of drug-likeness (QED) is 0.807. The monoisotopic (exact) mass is 285 g/mol. The Balaban J connectivity index is 2.48. The molecule has 0 saturated heterocycles. The molecule has 0 bridgehead atoms. The van der Waals surface area contributed by atoms with Crippen molar-refractivity contribution < 1.29 is 4.74 Å². The fourth-order valence-electron chi connectivity index (χ4n) is 1.50. The van der Waals surface area contributed by atoms with Gasteiger partial charge in [-0.25, -0.2) is 0 Å². The molecule has 1 aromatic carbocycles. The lowest BCUT2D eigenvalue weighted by Gasteiger charge is -2.11. The van der Waals surface area contributed by atoms with Crippen LogP contribution < -0.4 is 10.1 Å². The normalized spacial score (nSPS) is 10.8. The van der Waals surface area contributed by atoms with Crippen LogP contribution in [0.25, 0.3) is 0 Å². The van der Waals surface area contributed by atoms with Gasteiger partial charge in [0.05, 0.1) is 7.11 Å². The maximum atomic E-state index is 5.32. The van der Waals surface area contributed by atoms with Gasteiger partial charge in [0.1, 0.15) is 5.75 Å². The zero-order valence-corrected chi connectivity index (χ0v) is 11.8. The van der Waals surface area contributed by atoms with Crippen molar-refractivity contribution in [2.75, 3.05) is 13.7 Å². The number of benzene rings is 1. The molecule has 0 aromatic heterocycles. The Hall–Kier alpha value is -0.540. The van der Waals surface area contributed by atoms with Gasteiger partial charge in [-0.2, -0.15) is 0 Å². The maximum absolute atomic E-state index is 5.32. The van der Waals surface area contributed by atoms with Gasteiger partial charge in [-0.1, -0.05) is 29.8 Å². The third-order valence-electron chi connectivity index (χ3n) is 2.46. The van der Waals surface area contributed by atoms with E-state index in [2.05, 4.69) is 41.2 Å². The second-order valence-electron chi connectivity index (χ2n) is 4.32. The number of halogens is 1. The van der Waals surface area contributed by atoms with E-state index >= 15 is 0 Å². The first-order chi connectivity index (χ1) is 7.63. The molecule has 0 unspecified atom stereocenters. The van der Waals surface area contributed by atoms with Gasteiger partial charge in [0.25, 0.3) is 0 Å². The topological polar surface area (TPSA) is 21.3 Å². The SMILES string of the molecule is COc1ccc(Br)cc1CNCCC(C)C. The van der Waals surface area contributed by atoms with Crippen LogP contribution in [0.1, 0.15) is 25.8 Å². The van der Waals surface area contributed by atoms with E-state index in [-0.39, 0.29) is 0 Å². The van der Waals surface area contributed by atoms with Gasteiger partial charge in [-0.15, -0.1) is 0 Å². The lowest BCUT2D eigenvalue weighted by atomic mass is 10.1. The van der Waals surface area contributed by atoms with Crippen LogP contribution >= 0.6 is 15.9 Å². The molecule has 2 nitrogen and oxygen atoms in total. The largest absolute Gasteiger partial charge is 0.496 e. The summed E-state index contributed by atoms with van der Waals surface area (Å²) in [7, 11) is 1.71. The summed E-state index contributed by atoms with van der Waals surface area (Å²) in [5, 5.41) is 3.43. The van der Waals surface area contributed by atoms with Crippen LogP contribution in [0.2, 0.25) is 0 Å². The molecule has 1 aromatic rings. The number of methoxy groups -OCH3 is 1. The van der Waals surface area contributed by atoms with Gasteiger partial charge in [-0.3, -0.25) is 0 Å². The molecule has 0 fully saturated rings. The van der Waals surface area contributed by atoms with Gasteiger partial charge in [0, 0.05) is 16.6 Å². The fraction of sp³-hybridized carbons (Fsp3) is 0.538. The van der Waals surface area contributed by atoms with E-state index in [1.54, 1.807) is 7.11 Å². The Morgan fingerprint density at radius 1 is 1.38 bits per heavy atom. The minimum Gasteiger partial charge on any atom is -0.496 e. The first kappa shape index (κ1) is 13.5. The summed E-state index contributed by atoms with van der Waals surface area (Å²) < 4.78 is 6.41. The van der Waals surface area contributed by atoms with Crippen LogP contribution in [0, 0.1) is 5.92 Å². The van der Waals surface area contributed by atoms with Gasteiger partial charge < -0.3 is 10.1 Å². The Morgan fingerprint density at radius 3 is 2.75 bits per heavy atom. The van der Waals surface area contributed by atoms with Crippen LogP contribution in [0.3, 0.4) is 0 Å². The highest BCUT2D eigenvalue weighted by molar-refractivity contribution is 9.10. The van der Waals surface area contributed by atoms with Crippen LogP contribution in [0.4, 0.5) is 0 Å². The van der Waals surface area contributed by atoms with Gasteiger partial charge in [0.15, 0.2) is 0 Å². The average molecular weight is 286 g/mol. The second kappa shape index (κ2) is 6.92. The predicted octanol–water partition coefficient (Wildman–Crippen LogP) is 3.59. The summed E-state index contributed by atoms with van der Waals surface area (Å²) in [5.74, 6) is 1.69. The molecule has 0 atom stereocenters. The molecule has 16 heavy (non-hydrogen) atoms. The third kappa shape index (κ3) is 4.54. The van der Waals surface area contributed by atoms with Gasteiger partial charge in [-0.05, 0) is 37.1 Å². The first-order valence-electron chi connectivity index (χ1n) is 5.66. The first-order valence-corrected chi connectivity index (χ1v) is 6.46. The van der Waals surface area contributed by atoms with Crippen molar-refractivity contribution in [3.05, 3.63) is 28.2 Å². The molecule has 0 aliphatic carbocycles. The molecule has 0 spiro atoms. The molecule has 0 aliphatic rings. The molecule has 1 rings (SSSR count). The average Bonchev–Trinajstić information content (AvgIpc) is 2.24. The van der Waals surface area contributed by atoms with E-state index < -0.39 is 0 Å². The summed E-state index contributed by atoms with van der Waals surface area (Å²) in [4.78, 5) is 0. The zero-order chi connectivity index (χ0) is 12.0. The Labute approximate surface area is 107 Å². The van der Waals surface area contributed by atoms with Crippen molar-refractivity contribution in [3.8, 4) is 5.75 Å². The molecule has 0 heterocycles. The standard InChI is InChI=1S/C13H20BrNO/c1-10(2)6-7-15-9-11-8-12(14)4-5-13(11)16-3/h4-5,8,10,15H,6-7,9H2,1-3H3. The lowest BCUT2D eigenvalue weighted by molar-refractivity contribution is 0.407. The molecule has 1 N–H and O–H groups in total. The summed E-state index contributed by atoms with van der Waals surface area (Å²) in [6.07, 6.45) is 1.20. The highest BCUT2D eigenvalue weighted by atomic mass is 79.9. The zero-order valence-electron chi connectivity index (χ0n) is 10.2. The van der Waals surface area contributed by atoms with Crippen molar-refractivity contribution in [1.82, 2.24) is 5.32 Å². The van der Waals surface area contributed by atoms with Crippen molar-refractivity contribution in [2.24, 2.45) is 5.92 Å². The number of ether oxygens (including phenoxy) is 1. The van der Waals surface area contributed by atoms with E-state index in [1.807, 2.05) is 12.1 Å². The Bertz CT molecular complexity index is 326. The third-order valence-corrected chi connectivity index (χ3v) is 2.95. The van der Waals surface area contributed by atoms with E-state index in [0.717, 1.165) is 29.2 Å². The summed E-state index contributed by atoms with van der Waals surface area (Å²) in [6.45, 7) is 6.38. The molecular formula is C13H20BrNO. The van der Waals surface area contributed by atoms with Gasteiger partial charge in [0.2, 0.25) is 0 Å². The van der Waals surface area contributed by atoms with Crippen LogP contribution in [0.15, 0.2) is 22.7 Å². The van der Waals surface area contributed by atoms with Crippen molar-refractivity contribution in [2.45, 2.75) is 26.8 Å². The van der Waals surface area contributed by atoms with Crippen LogP contribution in [0.5, 0.6) is 5.75 Å². The number of nitrogens with one attached hydrogen (secondary N) is 1. The van der Waals surface area contributed by atoms with Crippen molar-refractivity contribution in [3.63, 3.8) is 0 Å². The van der Waals surface area contributed by atoms with Crippen molar-refractivity contribution >= 4 is 15.9 Å². The Kier molecular flexibility index (Phi) is 5.85. The van der Waals surface area contributed by atoms with E-state index in [4.69, 9.17) is 4.74 Å². The smallest absolute Gasteiger partial charge is 0.123 e. The molecule has 0 aliphatic heterocycles. The minimum absolute atomic E-state index is 0.747. The highest BCUT2D eigenvalue weighted by Gasteiger charge is 2.03. The Morgan fingerprint density at radius 2 is 2.12 bits per heavy atom. The molecule has 0 radical (unpaired) electrons. The second-order valence-corrected chi connectivity index (χ2v) is 5.23. The fourth-order valence-corrected chi connectivity index (χ4v) is 1.91. The van der Waals surface area contributed by atoms with Gasteiger partial charge >= 0.3 is 0 Å². The maximum Gasteiger partial charge on any atom is 0.123 e. The van der Waals surface area contributed by atoms with Crippen molar-refractivity contribution in [1.29, 1.82) is 0 Å². The summed E-state index contributed by atoms with van der Waals surface area (Å²) >= 11 is 3.47. The van der Waals surface area contributed by atoms with E-state index in [0.29, 0.717) is 0 Å². The predicted molar refractivity (Wildman–Crippen MR) is 71.9 cm³/mol. The van der Waals surface area contributed by atoms with E-state index in [9.17, 15) is 0 Å². The number of rotatable bonds is 6. The molecule has 0 amide bonds. The summed E-state index contributed by atoms with van der Waals surface area (Å²) in [5.41, 5.74) is 1.20. The molecule has 0 saturated carbocycles. The molecular weight excluding hydrogens is 266 g/mol. The van der Waals surface area contributed by atoms with Crippen LogP contribution in [-0.4, -0.2) is 13.7 Å². The van der Waals surface area contributed by atoms with Crippen LogP contribution in [-0.2, 0) is 6.54 Å². The summed E-state index contributed by atoms with van der Waals surface area (Å²) in [6, 6.07) is 6.08. The number of hydrogen-bond donors (Lipinski definition) is 1. The molecule has 90 valence electrons. The minimum atomic E-state index is 0.747. The molecule has 3 heteroatoms. The lowest BCUT2D eigenvalue weighted by Crippen LogP contribution is -2.16. The van der Waals surface area contributed by atoms with E-state index in [1.165, 1.54) is 12.0 Å². The number of hydrogen-bond acceptors (Lipinski definition) is 2. The highest BCUT2D eigenvalue weighted by Crippen LogP contribution is 2.22.